The monoisotopic (exact) mass is 301 g/mol. The topological polar surface area (TPSA) is 29.1 Å². The van der Waals surface area contributed by atoms with Crippen LogP contribution in [-0.2, 0) is 0 Å². The predicted octanol–water partition coefficient (Wildman–Crippen LogP) is 3.68. The van der Waals surface area contributed by atoms with Crippen molar-refractivity contribution in [3.05, 3.63) is 20.8 Å². The highest BCUT2D eigenvalue weighted by Crippen LogP contribution is 2.30. The lowest BCUT2D eigenvalue weighted by Crippen LogP contribution is -2.29. The standard InChI is InChI=1S/C12H16BrNOS/c1-8-3-2-4-9(8)7-14-12(15)11-10(13)5-6-16-11/h5-6,8-9H,2-4,7H2,1H3,(H,14,15). The van der Waals surface area contributed by atoms with Gasteiger partial charge in [0.15, 0.2) is 0 Å². The van der Waals surface area contributed by atoms with Gasteiger partial charge in [-0.25, -0.2) is 0 Å². The predicted molar refractivity (Wildman–Crippen MR) is 70.9 cm³/mol. The van der Waals surface area contributed by atoms with Gasteiger partial charge in [-0.3, -0.25) is 4.79 Å². The van der Waals surface area contributed by atoms with Crippen molar-refractivity contribution < 1.29 is 4.79 Å². The fourth-order valence-electron chi connectivity index (χ4n) is 2.29. The van der Waals surface area contributed by atoms with E-state index in [-0.39, 0.29) is 5.91 Å². The van der Waals surface area contributed by atoms with E-state index < -0.39 is 0 Å². The first-order valence-corrected chi connectivity index (χ1v) is 7.37. The highest BCUT2D eigenvalue weighted by atomic mass is 79.9. The minimum Gasteiger partial charge on any atom is -0.351 e. The van der Waals surface area contributed by atoms with Crippen molar-refractivity contribution in [1.29, 1.82) is 0 Å². The maximum atomic E-state index is 11.9. The summed E-state index contributed by atoms with van der Waals surface area (Å²) < 4.78 is 0.898. The molecule has 0 spiro atoms. The molecule has 1 aliphatic rings. The second kappa shape index (κ2) is 5.32. The first-order chi connectivity index (χ1) is 7.68. The zero-order valence-electron chi connectivity index (χ0n) is 9.33. The van der Waals surface area contributed by atoms with Gasteiger partial charge in [0.05, 0.1) is 0 Å². The quantitative estimate of drug-likeness (QED) is 0.906. The fourth-order valence-corrected chi connectivity index (χ4v) is 3.75. The molecule has 2 unspecified atom stereocenters. The van der Waals surface area contributed by atoms with Gasteiger partial charge in [-0.05, 0) is 45.6 Å². The van der Waals surface area contributed by atoms with Crippen LogP contribution >= 0.6 is 27.3 Å². The van der Waals surface area contributed by atoms with E-state index in [1.165, 1.54) is 30.6 Å². The molecular formula is C12H16BrNOS. The van der Waals surface area contributed by atoms with E-state index in [9.17, 15) is 4.79 Å². The van der Waals surface area contributed by atoms with E-state index in [1.54, 1.807) is 0 Å². The van der Waals surface area contributed by atoms with Gasteiger partial charge in [-0.1, -0.05) is 19.8 Å². The van der Waals surface area contributed by atoms with E-state index in [0.29, 0.717) is 5.92 Å². The largest absolute Gasteiger partial charge is 0.351 e. The Labute approximate surface area is 109 Å². The maximum Gasteiger partial charge on any atom is 0.262 e. The molecule has 0 aliphatic heterocycles. The zero-order chi connectivity index (χ0) is 11.5. The molecule has 0 aromatic carbocycles. The van der Waals surface area contributed by atoms with Crippen LogP contribution in [0.4, 0.5) is 0 Å². The summed E-state index contributed by atoms with van der Waals surface area (Å²) in [6.45, 7) is 3.11. The van der Waals surface area contributed by atoms with Gasteiger partial charge >= 0.3 is 0 Å². The Hall–Kier alpha value is -0.350. The first kappa shape index (κ1) is 12.1. The number of carbonyl (C=O) groups is 1. The smallest absolute Gasteiger partial charge is 0.262 e. The van der Waals surface area contributed by atoms with Crippen molar-refractivity contribution in [1.82, 2.24) is 5.32 Å². The Bertz CT molecular complexity index is 377. The number of halogens is 1. The van der Waals surface area contributed by atoms with Crippen LogP contribution in [0.25, 0.3) is 0 Å². The molecule has 1 aliphatic carbocycles. The third kappa shape index (κ3) is 2.66. The molecule has 1 aromatic heterocycles. The molecule has 88 valence electrons. The molecule has 1 amide bonds. The summed E-state index contributed by atoms with van der Waals surface area (Å²) in [5.74, 6) is 1.48. The lowest BCUT2D eigenvalue weighted by molar-refractivity contribution is 0.0948. The Balaban J connectivity index is 1.86. The van der Waals surface area contributed by atoms with Gasteiger partial charge in [-0.2, -0.15) is 0 Å². The lowest BCUT2D eigenvalue weighted by Gasteiger charge is -2.15. The molecule has 0 saturated heterocycles. The summed E-state index contributed by atoms with van der Waals surface area (Å²) in [6, 6.07) is 1.91. The number of amides is 1. The van der Waals surface area contributed by atoms with E-state index >= 15 is 0 Å². The average Bonchev–Trinajstić information content (AvgIpc) is 2.84. The first-order valence-electron chi connectivity index (χ1n) is 5.69. The van der Waals surface area contributed by atoms with E-state index in [1.807, 2.05) is 11.4 Å². The molecule has 1 saturated carbocycles. The van der Waals surface area contributed by atoms with Gasteiger partial charge in [0, 0.05) is 11.0 Å². The summed E-state index contributed by atoms with van der Waals surface area (Å²) >= 11 is 4.86. The van der Waals surface area contributed by atoms with Crippen LogP contribution < -0.4 is 5.32 Å². The third-order valence-corrected chi connectivity index (χ3v) is 5.22. The summed E-state index contributed by atoms with van der Waals surface area (Å²) in [7, 11) is 0. The van der Waals surface area contributed by atoms with Crippen molar-refractivity contribution in [2.75, 3.05) is 6.54 Å². The molecule has 1 N–H and O–H groups in total. The van der Waals surface area contributed by atoms with Crippen LogP contribution in [0, 0.1) is 11.8 Å². The molecule has 16 heavy (non-hydrogen) atoms. The Kier molecular flexibility index (Phi) is 4.03. The molecule has 0 bridgehead atoms. The molecule has 1 heterocycles. The van der Waals surface area contributed by atoms with Crippen molar-refractivity contribution in [3.63, 3.8) is 0 Å². The minimum atomic E-state index is 0.0565. The van der Waals surface area contributed by atoms with Crippen LogP contribution in [0.2, 0.25) is 0 Å². The second-order valence-corrected chi connectivity index (χ2v) is 6.25. The van der Waals surface area contributed by atoms with Crippen LogP contribution in [0.5, 0.6) is 0 Å². The second-order valence-electron chi connectivity index (χ2n) is 4.48. The summed E-state index contributed by atoms with van der Waals surface area (Å²) in [5, 5.41) is 4.97. The normalized spacial score (nSPS) is 24.6. The van der Waals surface area contributed by atoms with Crippen molar-refractivity contribution in [2.45, 2.75) is 26.2 Å². The van der Waals surface area contributed by atoms with Gasteiger partial charge in [0.25, 0.3) is 5.91 Å². The van der Waals surface area contributed by atoms with Gasteiger partial charge < -0.3 is 5.32 Å². The van der Waals surface area contributed by atoms with E-state index in [0.717, 1.165) is 21.8 Å². The molecular weight excluding hydrogens is 286 g/mol. The van der Waals surface area contributed by atoms with Crippen molar-refractivity contribution in [3.8, 4) is 0 Å². The molecule has 4 heteroatoms. The molecule has 2 nitrogen and oxygen atoms in total. The Morgan fingerprint density at radius 1 is 1.62 bits per heavy atom. The van der Waals surface area contributed by atoms with Gasteiger partial charge in [-0.15, -0.1) is 11.3 Å². The summed E-state index contributed by atoms with van der Waals surface area (Å²) in [5.41, 5.74) is 0. The molecule has 1 aromatic rings. The van der Waals surface area contributed by atoms with Crippen LogP contribution in [0.1, 0.15) is 35.9 Å². The number of hydrogen-bond donors (Lipinski definition) is 1. The van der Waals surface area contributed by atoms with Crippen LogP contribution in [0.3, 0.4) is 0 Å². The van der Waals surface area contributed by atoms with E-state index in [2.05, 4.69) is 28.2 Å². The summed E-state index contributed by atoms with van der Waals surface area (Å²) in [4.78, 5) is 12.6. The number of nitrogens with one attached hydrogen (secondary N) is 1. The van der Waals surface area contributed by atoms with Crippen LogP contribution in [-0.4, -0.2) is 12.5 Å². The molecule has 0 radical (unpaired) electrons. The van der Waals surface area contributed by atoms with Gasteiger partial charge in [0.1, 0.15) is 4.88 Å². The molecule has 1 fully saturated rings. The number of carbonyl (C=O) groups excluding carboxylic acids is 1. The maximum absolute atomic E-state index is 11.9. The minimum absolute atomic E-state index is 0.0565. The van der Waals surface area contributed by atoms with Crippen molar-refractivity contribution >= 4 is 33.2 Å². The average molecular weight is 302 g/mol. The number of thiophene rings is 1. The Morgan fingerprint density at radius 3 is 3.00 bits per heavy atom. The van der Waals surface area contributed by atoms with E-state index in [4.69, 9.17) is 0 Å². The third-order valence-electron chi connectivity index (χ3n) is 3.39. The lowest BCUT2D eigenvalue weighted by atomic mass is 9.98. The van der Waals surface area contributed by atoms with Crippen LogP contribution in [0.15, 0.2) is 15.9 Å². The SMILES string of the molecule is CC1CCCC1CNC(=O)c1sccc1Br. The fraction of sp³-hybridized carbons (Fsp3) is 0.583. The highest BCUT2D eigenvalue weighted by Gasteiger charge is 2.24. The number of rotatable bonds is 3. The highest BCUT2D eigenvalue weighted by molar-refractivity contribution is 9.10. The number of hydrogen-bond acceptors (Lipinski definition) is 2. The molecule has 2 rings (SSSR count). The van der Waals surface area contributed by atoms with Gasteiger partial charge in [0.2, 0.25) is 0 Å². The summed E-state index contributed by atoms with van der Waals surface area (Å²) in [6.07, 6.45) is 3.88. The molecule has 2 atom stereocenters. The Morgan fingerprint density at radius 2 is 2.44 bits per heavy atom. The van der Waals surface area contributed by atoms with Crippen molar-refractivity contribution in [2.24, 2.45) is 11.8 Å². The zero-order valence-corrected chi connectivity index (χ0v) is 11.7.